The van der Waals surface area contributed by atoms with Crippen LogP contribution in [-0.4, -0.2) is 28.0 Å². The van der Waals surface area contributed by atoms with E-state index in [1.165, 1.54) is 30.1 Å². The van der Waals surface area contributed by atoms with Crippen LogP contribution in [0.15, 0.2) is 24.4 Å². The number of halogens is 2. The molecule has 0 unspecified atom stereocenters. The summed E-state index contributed by atoms with van der Waals surface area (Å²) in [4.78, 5) is 11.3. The molecule has 0 aliphatic carbocycles. The minimum absolute atomic E-state index is 0.0814. The fraction of sp³-hybridized carbons (Fsp3) is 0.0909. The smallest absolute Gasteiger partial charge is 0.362 e. The van der Waals surface area contributed by atoms with Crippen LogP contribution in [0.1, 0.15) is 10.5 Å². The number of hydrogen-bond acceptors (Lipinski definition) is 4. The summed E-state index contributed by atoms with van der Waals surface area (Å²) in [6, 6.07) is 3.90. The number of carbonyl (C=O) groups excluding carboxylic acids is 1. The van der Waals surface area contributed by atoms with E-state index in [1.54, 1.807) is 0 Å². The van der Waals surface area contributed by atoms with E-state index in [1.807, 2.05) is 0 Å². The Balaban J connectivity index is 2.45. The van der Waals surface area contributed by atoms with Gasteiger partial charge in [0, 0.05) is 0 Å². The van der Waals surface area contributed by atoms with Crippen LogP contribution in [0.3, 0.4) is 0 Å². The fourth-order valence-corrected chi connectivity index (χ4v) is 1.54. The minimum atomic E-state index is -0.764. The lowest BCUT2D eigenvalue weighted by atomic mass is 10.3. The number of rotatable bonds is 2. The van der Waals surface area contributed by atoms with E-state index in [-0.39, 0.29) is 16.5 Å². The molecule has 0 amide bonds. The lowest BCUT2D eigenvalue weighted by Gasteiger charge is -2.01. The Morgan fingerprint density at radius 1 is 1.56 bits per heavy atom. The van der Waals surface area contributed by atoms with Crippen molar-refractivity contribution in [1.29, 1.82) is 0 Å². The quantitative estimate of drug-likeness (QED) is 0.850. The van der Waals surface area contributed by atoms with Crippen molar-refractivity contribution < 1.29 is 19.0 Å². The number of aromatic nitrogens is 2. The largest absolute Gasteiger partial charge is 0.504 e. The molecule has 0 radical (unpaired) electrons. The van der Waals surface area contributed by atoms with Crippen LogP contribution >= 0.6 is 11.6 Å². The van der Waals surface area contributed by atoms with Crippen molar-refractivity contribution in [2.45, 2.75) is 0 Å². The molecule has 2 aromatic rings. The van der Waals surface area contributed by atoms with E-state index < -0.39 is 11.8 Å². The third-order valence-corrected chi connectivity index (χ3v) is 2.53. The van der Waals surface area contributed by atoms with Gasteiger partial charge >= 0.3 is 5.97 Å². The van der Waals surface area contributed by atoms with E-state index in [0.717, 1.165) is 6.07 Å². The zero-order valence-corrected chi connectivity index (χ0v) is 9.98. The van der Waals surface area contributed by atoms with Gasteiger partial charge in [-0.25, -0.2) is 13.9 Å². The first-order chi connectivity index (χ1) is 8.52. The summed E-state index contributed by atoms with van der Waals surface area (Å²) in [5.41, 5.74) is 0.185. The topological polar surface area (TPSA) is 64.3 Å². The van der Waals surface area contributed by atoms with Gasteiger partial charge in [0.15, 0.2) is 5.75 Å². The first-order valence-electron chi connectivity index (χ1n) is 4.85. The normalized spacial score (nSPS) is 10.4. The summed E-state index contributed by atoms with van der Waals surface area (Å²) < 4.78 is 18.6. The van der Waals surface area contributed by atoms with Crippen molar-refractivity contribution in [1.82, 2.24) is 9.78 Å². The highest BCUT2D eigenvalue weighted by atomic mass is 35.5. The average Bonchev–Trinajstić information content (AvgIpc) is 2.74. The van der Waals surface area contributed by atoms with Crippen LogP contribution < -0.4 is 0 Å². The second-order valence-electron chi connectivity index (χ2n) is 3.40. The van der Waals surface area contributed by atoms with Crippen LogP contribution in [0.4, 0.5) is 4.39 Å². The number of aromatic hydroxyl groups is 1. The van der Waals surface area contributed by atoms with Crippen LogP contribution in [0.2, 0.25) is 5.02 Å². The van der Waals surface area contributed by atoms with Crippen molar-refractivity contribution in [3.8, 4) is 11.4 Å². The lowest BCUT2D eigenvalue weighted by Crippen LogP contribution is -2.04. The molecule has 0 saturated heterocycles. The van der Waals surface area contributed by atoms with Gasteiger partial charge in [0.05, 0.1) is 24.0 Å². The maximum absolute atomic E-state index is 13.0. The van der Waals surface area contributed by atoms with Gasteiger partial charge in [0.25, 0.3) is 0 Å². The second kappa shape index (κ2) is 4.66. The summed E-state index contributed by atoms with van der Waals surface area (Å²) in [5.74, 6) is -1.66. The Kier molecular flexibility index (Phi) is 3.20. The first kappa shape index (κ1) is 12.4. The predicted molar refractivity (Wildman–Crippen MR) is 61.5 cm³/mol. The fourth-order valence-electron chi connectivity index (χ4n) is 1.37. The lowest BCUT2D eigenvalue weighted by molar-refractivity contribution is 0.0590. The van der Waals surface area contributed by atoms with Crippen LogP contribution in [0.25, 0.3) is 5.69 Å². The SMILES string of the molecule is COC(=O)c1nn(-c2ccc(F)c(Cl)c2)cc1O. The molecule has 7 heteroatoms. The number of hydrogen-bond donors (Lipinski definition) is 1. The van der Waals surface area contributed by atoms with Crippen molar-refractivity contribution in [2.24, 2.45) is 0 Å². The molecule has 1 heterocycles. The highest BCUT2D eigenvalue weighted by molar-refractivity contribution is 6.30. The van der Waals surface area contributed by atoms with E-state index in [0.29, 0.717) is 5.69 Å². The van der Waals surface area contributed by atoms with Gasteiger partial charge in [-0.3, -0.25) is 0 Å². The van der Waals surface area contributed by atoms with Gasteiger partial charge in [0.2, 0.25) is 5.69 Å². The maximum Gasteiger partial charge on any atom is 0.362 e. The molecule has 0 aliphatic heterocycles. The number of carbonyl (C=O) groups is 1. The van der Waals surface area contributed by atoms with Gasteiger partial charge in [-0.2, -0.15) is 5.10 Å². The van der Waals surface area contributed by atoms with Crippen molar-refractivity contribution in [3.63, 3.8) is 0 Å². The van der Waals surface area contributed by atoms with E-state index in [2.05, 4.69) is 9.84 Å². The zero-order valence-electron chi connectivity index (χ0n) is 9.22. The molecule has 94 valence electrons. The molecule has 1 aromatic carbocycles. The summed E-state index contributed by atoms with van der Waals surface area (Å²) in [5, 5.41) is 13.3. The molecule has 1 N–H and O–H groups in total. The molecule has 0 fully saturated rings. The van der Waals surface area contributed by atoms with Crippen LogP contribution in [-0.2, 0) is 4.74 Å². The molecule has 0 bridgehead atoms. The maximum atomic E-state index is 13.0. The summed E-state index contributed by atoms with van der Waals surface area (Å²) in [6.45, 7) is 0. The van der Waals surface area contributed by atoms with Crippen molar-refractivity contribution in [2.75, 3.05) is 7.11 Å². The molecule has 0 spiro atoms. The summed E-state index contributed by atoms with van der Waals surface area (Å²) in [7, 11) is 1.18. The standard InChI is InChI=1S/C11H8ClFN2O3/c1-18-11(17)10-9(16)5-15(14-10)6-2-3-8(13)7(12)4-6/h2-5,16H,1H3. The molecule has 0 aliphatic rings. The summed E-state index contributed by atoms with van der Waals surface area (Å²) >= 11 is 5.63. The molecule has 2 rings (SSSR count). The number of nitrogens with zero attached hydrogens (tertiary/aromatic N) is 2. The van der Waals surface area contributed by atoms with Crippen molar-refractivity contribution >= 4 is 17.6 Å². The van der Waals surface area contributed by atoms with E-state index in [9.17, 15) is 14.3 Å². The number of ether oxygens (including phenoxy) is 1. The number of methoxy groups -OCH3 is 1. The van der Waals surface area contributed by atoms with Crippen molar-refractivity contribution in [3.05, 3.63) is 40.9 Å². The Morgan fingerprint density at radius 2 is 2.28 bits per heavy atom. The number of esters is 1. The van der Waals surface area contributed by atoms with Gasteiger partial charge in [-0.15, -0.1) is 0 Å². The van der Waals surface area contributed by atoms with Crippen LogP contribution in [0, 0.1) is 5.82 Å². The number of benzene rings is 1. The Hall–Kier alpha value is -2.08. The van der Waals surface area contributed by atoms with Gasteiger partial charge in [-0.1, -0.05) is 11.6 Å². The highest BCUT2D eigenvalue weighted by Crippen LogP contribution is 2.22. The average molecular weight is 271 g/mol. The zero-order chi connectivity index (χ0) is 13.3. The highest BCUT2D eigenvalue weighted by Gasteiger charge is 2.17. The Labute approximate surface area is 106 Å². The summed E-state index contributed by atoms with van der Waals surface area (Å²) in [6.07, 6.45) is 1.20. The van der Waals surface area contributed by atoms with Crippen LogP contribution in [0.5, 0.6) is 5.75 Å². The first-order valence-corrected chi connectivity index (χ1v) is 5.23. The third kappa shape index (κ3) is 2.14. The Bertz CT molecular complexity index is 612. The predicted octanol–water partition coefficient (Wildman–Crippen LogP) is 2.16. The van der Waals surface area contributed by atoms with Gasteiger partial charge in [0.1, 0.15) is 5.82 Å². The molecule has 1 aromatic heterocycles. The molecule has 18 heavy (non-hydrogen) atoms. The monoisotopic (exact) mass is 270 g/mol. The minimum Gasteiger partial charge on any atom is -0.504 e. The second-order valence-corrected chi connectivity index (χ2v) is 3.80. The molecule has 0 saturated carbocycles. The van der Waals surface area contributed by atoms with Gasteiger partial charge < -0.3 is 9.84 Å². The van der Waals surface area contributed by atoms with E-state index in [4.69, 9.17) is 11.6 Å². The molecular formula is C11H8ClFN2O3. The molecular weight excluding hydrogens is 263 g/mol. The Morgan fingerprint density at radius 3 is 2.89 bits per heavy atom. The molecule has 0 atom stereocenters. The third-order valence-electron chi connectivity index (χ3n) is 2.24. The van der Waals surface area contributed by atoms with E-state index >= 15 is 0 Å². The molecule has 5 nitrogen and oxygen atoms in total. The van der Waals surface area contributed by atoms with Gasteiger partial charge in [-0.05, 0) is 18.2 Å².